The number of carbonyl (C=O) groups is 2. The maximum atomic E-state index is 12.2. The zero-order valence-corrected chi connectivity index (χ0v) is 17.5. The maximum Gasteiger partial charge on any atom is 0.409 e. The summed E-state index contributed by atoms with van der Waals surface area (Å²) in [5.41, 5.74) is 1.52. The van der Waals surface area contributed by atoms with E-state index < -0.39 is 0 Å². The molecule has 3 fully saturated rings. The molecular weight excluding hydrogens is 338 g/mol. The summed E-state index contributed by atoms with van der Waals surface area (Å²) >= 11 is 0. The van der Waals surface area contributed by atoms with Gasteiger partial charge in [-0.25, -0.2) is 4.79 Å². The second kappa shape index (κ2) is 6.63. The summed E-state index contributed by atoms with van der Waals surface area (Å²) in [7, 11) is 3.52. The molecule has 4 aliphatic rings. The lowest BCUT2D eigenvalue weighted by Gasteiger charge is -2.58. The van der Waals surface area contributed by atoms with Gasteiger partial charge in [0.2, 0.25) is 0 Å². The van der Waals surface area contributed by atoms with Crippen LogP contribution in [-0.2, 0) is 9.53 Å². The lowest BCUT2D eigenvalue weighted by atomic mass is 9.47. The van der Waals surface area contributed by atoms with Crippen LogP contribution in [0.5, 0.6) is 0 Å². The van der Waals surface area contributed by atoms with Crippen molar-refractivity contribution in [3.63, 3.8) is 0 Å². The Hall–Kier alpha value is -1.32. The first-order valence-corrected chi connectivity index (χ1v) is 10.8. The van der Waals surface area contributed by atoms with E-state index in [1.54, 1.807) is 19.0 Å². The first kappa shape index (κ1) is 19.0. The van der Waals surface area contributed by atoms with Crippen LogP contribution in [0.25, 0.3) is 0 Å². The van der Waals surface area contributed by atoms with Crippen LogP contribution < -0.4 is 0 Å². The van der Waals surface area contributed by atoms with Crippen LogP contribution in [0.4, 0.5) is 4.79 Å². The number of hydrogen-bond acceptors (Lipinski definition) is 3. The Balaban J connectivity index is 1.63. The van der Waals surface area contributed by atoms with Crippen molar-refractivity contribution in [2.75, 3.05) is 14.1 Å². The van der Waals surface area contributed by atoms with Gasteiger partial charge in [-0.1, -0.05) is 26.3 Å². The highest BCUT2D eigenvalue weighted by molar-refractivity contribution is 5.91. The first-order valence-electron chi connectivity index (χ1n) is 10.8. The minimum Gasteiger partial charge on any atom is -0.446 e. The predicted molar refractivity (Wildman–Crippen MR) is 105 cm³/mol. The van der Waals surface area contributed by atoms with E-state index in [1.807, 2.05) is 6.08 Å². The first-order chi connectivity index (χ1) is 12.7. The Morgan fingerprint density at radius 1 is 1.15 bits per heavy atom. The second-order valence-electron chi connectivity index (χ2n) is 10.3. The Kier molecular flexibility index (Phi) is 4.67. The van der Waals surface area contributed by atoms with Gasteiger partial charge in [-0.15, -0.1) is 0 Å². The number of hydrogen-bond donors (Lipinski definition) is 0. The van der Waals surface area contributed by atoms with Crippen LogP contribution in [0, 0.1) is 40.9 Å². The summed E-state index contributed by atoms with van der Waals surface area (Å²) in [6.45, 7) is 7.19. The van der Waals surface area contributed by atoms with Crippen LogP contribution in [-0.4, -0.2) is 37.0 Å². The molecule has 4 heteroatoms. The number of ketones is 1. The van der Waals surface area contributed by atoms with Crippen molar-refractivity contribution in [1.82, 2.24) is 4.90 Å². The molecule has 0 N–H and O–H groups in total. The molecule has 0 saturated heterocycles. The molecule has 4 nitrogen and oxygen atoms in total. The average Bonchev–Trinajstić information content (AvgIpc) is 2.90. The Morgan fingerprint density at radius 2 is 1.89 bits per heavy atom. The highest BCUT2D eigenvalue weighted by Gasteiger charge is 2.61. The summed E-state index contributed by atoms with van der Waals surface area (Å²) in [4.78, 5) is 25.7. The standard InChI is InChI=1S/C23H35NO3/c1-13-10-15-11-16(25)6-7-17(15)20-14(2)12-23(3)18(21(13)20)8-9-19(23)27-22(26)24(4)5/h11,13-14,17-21H,6-10,12H2,1-5H3. The van der Waals surface area contributed by atoms with Crippen LogP contribution in [0.15, 0.2) is 11.6 Å². The molecule has 0 bridgehead atoms. The van der Waals surface area contributed by atoms with Gasteiger partial charge in [-0.2, -0.15) is 0 Å². The van der Waals surface area contributed by atoms with Crippen molar-refractivity contribution in [3.8, 4) is 0 Å². The molecule has 1 amide bonds. The van der Waals surface area contributed by atoms with Gasteiger partial charge in [0.05, 0.1) is 0 Å². The number of allylic oxidation sites excluding steroid dienone is 1. The molecule has 4 aliphatic carbocycles. The molecule has 0 aromatic heterocycles. The quantitative estimate of drug-likeness (QED) is 0.670. The molecule has 0 heterocycles. The van der Waals surface area contributed by atoms with E-state index in [0.29, 0.717) is 41.3 Å². The molecule has 8 atom stereocenters. The zero-order valence-electron chi connectivity index (χ0n) is 17.5. The Morgan fingerprint density at radius 3 is 2.59 bits per heavy atom. The lowest BCUT2D eigenvalue weighted by molar-refractivity contribution is -0.118. The predicted octanol–water partition coefficient (Wildman–Crippen LogP) is 4.69. The minimum atomic E-state index is -0.204. The number of rotatable bonds is 1. The van der Waals surface area contributed by atoms with Gasteiger partial charge in [0.25, 0.3) is 0 Å². The number of fused-ring (bicyclic) bond motifs is 5. The van der Waals surface area contributed by atoms with Gasteiger partial charge in [0.15, 0.2) is 5.78 Å². The zero-order chi connectivity index (χ0) is 19.5. The van der Waals surface area contributed by atoms with Crippen LogP contribution in [0.2, 0.25) is 0 Å². The van der Waals surface area contributed by atoms with E-state index in [2.05, 4.69) is 20.8 Å². The van der Waals surface area contributed by atoms with E-state index in [0.717, 1.165) is 32.1 Å². The van der Waals surface area contributed by atoms with E-state index >= 15 is 0 Å². The van der Waals surface area contributed by atoms with Crippen LogP contribution in [0.1, 0.15) is 59.3 Å². The topological polar surface area (TPSA) is 46.6 Å². The average molecular weight is 374 g/mol. The molecular formula is C23H35NO3. The summed E-state index contributed by atoms with van der Waals surface area (Å²) in [6.07, 6.45) is 7.97. The largest absolute Gasteiger partial charge is 0.446 e. The fourth-order valence-electron chi connectivity index (χ4n) is 7.51. The number of amides is 1. The second-order valence-corrected chi connectivity index (χ2v) is 10.3. The molecule has 3 saturated carbocycles. The lowest BCUT2D eigenvalue weighted by Crippen LogP contribution is -2.54. The maximum absolute atomic E-state index is 12.2. The third-order valence-corrected chi connectivity index (χ3v) is 8.46. The fourth-order valence-corrected chi connectivity index (χ4v) is 7.51. The summed E-state index contributed by atoms with van der Waals surface area (Å²) in [6, 6.07) is 0. The minimum absolute atomic E-state index is 0.0397. The number of carbonyl (C=O) groups excluding carboxylic acids is 2. The molecule has 0 aromatic rings. The van der Waals surface area contributed by atoms with Gasteiger partial charge < -0.3 is 9.64 Å². The molecule has 27 heavy (non-hydrogen) atoms. The number of nitrogens with zero attached hydrogens (tertiary/aromatic N) is 1. The van der Waals surface area contributed by atoms with Crippen molar-refractivity contribution in [1.29, 1.82) is 0 Å². The van der Waals surface area contributed by atoms with Crippen molar-refractivity contribution in [2.24, 2.45) is 40.9 Å². The van der Waals surface area contributed by atoms with Crippen LogP contribution >= 0.6 is 0 Å². The van der Waals surface area contributed by atoms with E-state index in [4.69, 9.17) is 4.74 Å². The Bertz CT molecular complexity index is 669. The molecule has 4 rings (SSSR count). The molecule has 0 aliphatic heterocycles. The summed E-state index contributed by atoms with van der Waals surface area (Å²) < 4.78 is 5.96. The fraction of sp³-hybridized carbons (Fsp3) is 0.826. The van der Waals surface area contributed by atoms with E-state index in [-0.39, 0.29) is 17.6 Å². The van der Waals surface area contributed by atoms with Gasteiger partial charge in [-0.3, -0.25) is 4.79 Å². The third kappa shape index (κ3) is 2.94. The monoisotopic (exact) mass is 373 g/mol. The van der Waals surface area contributed by atoms with Crippen molar-refractivity contribution < 1.29 is 14.3 Å². The van der Waals surface area contributed by atoms with E-state index in [1.165, 1.54) is 12.0 Å². The van der Waals surface area contributed by atoms with Gasteiger partial charge in [0.1, 0.15) is 6.10 Å². The van der Waals surface area contributed by atoms with Gasteiger partial charge in [0, 0.05) is 25.9 Å². The SMILES string of the molecule is CC1CC2(C)C(OC(=O)N(C)C)CCC2C2C(C)CC3=CC(=O)CCC3C12. The Labute approximate surface area is 163 Å². The summed E-state index contributed by atoms with van der Waals surface area (Å²) in [5, 5.41) is 0. The van der Waals surface area contributed by atoms with Crippen LogP contribution in [0.3, 0.4) is 0 Å². The summed E-state index contributed by atoms with van der Waals surface area (Å²) in [5.74, 6) is 4.17. The molecule has 0 radical (unpaired) electrons. The highest BCUT2D eigenvalue weighted by Crippen LogP contribution is 2.65. The molecule has 0 spiro atoms. The third-order valence-electron chi connectivity index (χ3n) is 8.46. The van der Waals surface area contributed by atoms with Crippen molar-refractivity contribution in [2.45, 2.75) is 65.4 Å². The molecule has 150 valence electrons. The van der Waals surface area contributed by atoms with Gasteiger partial charge >= 0.3 is 6.09 Å². The smallest absolute Gasteiger partial charge is 0.409 e. The van der Waals surface area contributed by atoms with Gasteiger partial charge in [-0.05, 0) is 73.7 Å². The number of ether oxygens (including phenoxy) is 1. The van der Waals surface area contributed by atoms with Crippen molar-refractivity contribution >= 4 is 11.9 Å². The normalized spacial score (nSPS) is 46.0. The van der Waals surface area contributed by atoms with E-state index in [9.17, 15) is 9.59 Å². The molecule has 8 unspecified atom stereocenters. The molecule has 0 aromatic carbocycles. The van der Waals surface area contributed by atoms with Crippen molar-refractivity contribution in [3.05, 3.63) is 11.6 Å². The highest BCUT2D eigenvalue weighted by atomic mass is 16.6.